The highest BCUT2D eigenvalue weighted by Crippen LogP contribution is 2.26. The maximum Gasteiger partial charge on any atom is 0.141 e. The lowest BCUT2D eigenvalue weighted by molar-refractivity contribution is 0.414. The summed E-state index contributed by atoms with van der Waals surface area (Å²) in [6.07, 6.45) is 1.25. The van der Waals surface area contributed by atoms with E-state index in [1.54, 1.807) is 7.11 Å². The lowest BCUT2D eigenvalue weighted by atomic mass is 9.35. The van der Waals surface area contributed by atoms with Gasteiger partial charge in [0.15, 0.2) is 0 Å². The smallest absolute Gasteiger partial charge is 0.141 e. The third-order valence-electron chi connectivity index (χ3n) is 3.07. The number of hydrogen-bond donors (Lipinski definition) is 0. The topological polar surface area (TPSA) is 9.23 Å². The van der Waals surface area contributed by atoms with Crippen LogP contribution in [0.1, 0.15) is 11.4 Å². The summed E-state index contributed by atoms with van der Waals surface area (Å²) >= 11 is 0. The van der Waals surface area contributed by atoms with Gasteiger partial charge in [0.25, 0.3) is 0 Å². The first-order chi connectivity index (χ1) is 7.54. The third-order valence-corrected chi connectivity index (χ3v) is 3.07. The molecule has 0 fully saturated rings. The van der Waals surface area contributed by atoms with Crippen LogP contribution in [-0.2, 0) is 0 Å². The Morgan fingerprint density at radius 3 is 2.00 bits per heavy atom. The van der Waals surface area contributed by atoms with Crippen molar-refractivity contribution in [3.05, 3.63) is 29.8 Å². The standard InChI is InChI=1S/C13H22B2O/c1-14(2)10-13(15(3)4)11-6-8-12(16-5)9-7-11/h6-9,13H,10H2,1-5H3. The fraction of sp³-hybridized carbons (Fsp3) is 0.538. The highest BCUT2D eigenvalue weighted by molar-refractivity contribution is 6.63. The van der Waals surface area contributed by atoms with E-state index in [1.807, 2.05) is 0 Å². The van der Waals surface area contributed by atoms with Gasteiger partial charge in [-0.05, 0) is 17.9 Å². The Labute approximate surface area is 101 Å². The van der Waals surface area contributed by atoms with Crippen LogP contribution in [0.2, 0.25) is 33.6 Å². The van der Waals surface area contributed by atoms with Gasteiger partial charge in [0.1, 0.15) is 19.2 Å². The number of hydrogen-bond acceptors (Lipinski definition) is 1. The zero-order chi connectivity index (χ0) is 12.1. The summed E-state index contributed by atoms with van der Waals surface area (Å²) in [7, 11) is 1.71. The quantitative estimate of drug-likeness (QED) is 0.679. The molecular weight excluding hydrogens is 194 g/mol. The molecule has 0 spiro atoms. The van der Waals surface area contributed by atoms with Crippen molar-refractivity contribution in [2.45, 2.75) is 39.4 Å². The first-order valence-electron chi connectivity index (χ1n) is 6.18. The Kier molecular flexibility index (Phi) is 4.98. The van der Waals surface area contributed by atoms with Crippen molar-refractivity contribution in [2.75, 3.05) is 7.11 Å². The summed E-state index contributed by atoms with van der Waals surface area (Å²) < 4.78 is 5.19. The van der Waals surface area contributed by atoms with Gasteiger partial charge in [0, 0.05) is 0 Å². The van der Waals surface area contributed by atoms with Crippen LogP contribution >= 0.6 is 0 Å². The fourth-order valence-corrected chi connectivity index (χ4v) is 2.15. The molecule has 1 rings (SSSR count). The summed E-state index contributed by atoms with van der Waals surface area (Å²) in [6.45, 7) is 10.6. The number of ether oxygens (including phenoxy) is 1. The van der Waals surface area contributed by atoms with Gasteiger partial charge < -0.3 is 4.74 Å². The Hall–Kier alpha value is -0.850. The molecule has 16 heavy (non-hydrogen) atoms. The first kappa shape index (κ1) is 13.2. The average Bonchev–Trinajstić information content (AvgIpc) is 2.25. The second kappa shape index (κ2) is 6.03. The molecule has 1 atom stereocenters. The normalized spacial score (nSPS) is 12.1. The molecule has 0 aliphatic carbocycles. The second-order valence-electron chi connectivity index (χ2n) is 5.25. The highest BCUT2D eigenvalue weighted by Gasteiger charge is 2.20. The molecule has 1 unspecified atom stereocenters. The van der Waals surface area contributed by atoms with Crippen LogP contribution in [0.5, 0.6) is 5.75 Å². The molecule has 0 bridgehead atoms. The lowest BCUT2D eigenvalue weighted by Crippen LogP contribution is -2.20. The van der Waals surface area contributed by atoms with E-state index in [1.165, 1.54) is 11.9 Å². The van der Waals surface area contributed by atoms with Gasteiger partial charge in [-0.2, -0.15) is 0 Å². The van der Waals surface area contributed by atoms with E-state index in [0.717, 1.165) is 12.5 Å². The van der Waals surface area contributed by atoms with Crippen molar-refractivity contribution in [1.82, 2.24) is 0 Å². The van der Waals surface area contributed by atoms with E-state index in [-0.39, 0.29) is 0 Å². The summed E-state index contributed by atoms with van der Waals surface area (Å²) in [4.78, 5) is 0. The third kappa shape index (κ3) is 3.62. The van der Waals surface area contributed by atoms with Crippen LogP contribution in [-0.4, -0.2) is 20.5 Å². The number of methoxy groups -OCH3 is 1. The molecule has 3 heteroatoms. The van der Waals surface area contributed by atoms with Crippen molar-refractivity contribution in [1.29, 1.82) is 0 Å². The molecule has 0 amide bonds. The highest BCUT2D eigenvalue weighted by atomic mass is 16.5. The first-order valence-corrected chi connectivity index (χ1v) is 6.18. The van der Waals surface area contributed by atoms with Gasteiger partial charge in [-0.1, -0.05) is 51.3 Å². The Morgan fingerprint density at radius 1 is 1.06 bits per heavy atom. The predicted octanol–water partition coefficient (Wildman–Crippen LogP) is 3.83. The zero-order valence-electron chi connectivity index (χ0n) is 11.2. The number of benzene rings is 1. The van der Waals surface area contributed by atoms with Gasteiger partial charge in [-0.3, -0.25) is 0 Å². The van der Waals surface area contributed by atoms with E-state index in [0.29, 0.717) is 12.5 Å². The molecular formula is C13H22B2O. The van der Waals surface area contributed by atoms with E-state index in [9.17, 15) is 0 Å². The average molecular weight is 216 g/mol. The van der Waals surface area contributed by atoms with Crippen LogP contribution < -0.4 is 4.74 Å². The Bertz CT molecular complexity index is 306. The summed E-state index contributed by atoms with van der Waals surface area (Å²) in [5.74, 6) is 1.60. The predicted molar refractivity (Wildman–Crippen MR) is 75.5 cm³/mol. The van der Waals surface area contributed by atoms with Crippen molar-refractivity contribution in [2.24, 2.45) is 0 Å². The van der Waals surface area contributed by atoms with Crippen LogP contribution in [0.15, 0.2) is 24.3 Å². The minimum atomic E-state index is 0.658. The van der Waals surface area contributed by atoms with E-state index in [4.69, 9.17) is 4.74 Å². The van der Waals surface area contributed by atoms with E-state index >= 15 is 0 Å². The Morgan fingerprint density at radius 2 is 1.62 bits per heavy atom. The van der Waals surface area contributed by atoms with Crippen molar-refractivity contribution >= 4 is 13.4 Å². The van der Waals surface area contributed by atoms with Gasteiger partial charge in [0.05, 0.1) is 7.11 Å². The van der Waals surface area contributed by atoms with Crippen LogP contribution in [0, 0.1) is 0 Å². The van der Waals surface area contributed by atoms with Crippen LogP contribution in [0.4, 0.5) is 0 Å². The van der Waals surface area contributed by atoms with Gasteiger partial charge >= 0.3 is 0 Å². The van der Waals surface area contributed by atoms with Crippen molar-refractivity contribution < 1.29 is 4.74 Å². The van der Waals surface area contributed by atoms with Crippen LogP contribution in [0.25, 0.3) is 0 Å². The molecule has 1 aromatic rings. The SMILES string of the molecule is COc1ccc(C(CB(C)C)B(C)C)cc1. The summed E-state index contributed by atoms with van der Waals surface area (Å²) in [5.41, 5.74) is 1.43. The van der Waals surface area contributed by atoms with Gasteiger partial charge in [-0.15, -0.1) is 0 Å². The zero-order valence-corrected chi connectivity index (χ0v) is 11.2. The molecule has 0 saturated heterocycles. The summed E-state index contributed by atoms with van der Waals surface area (Å²) in [5, 5.41) is 0. The molecule has 0 aliphatic heterocycles. The van der Waals surface area contributed by atoms with Crippen molar-refractivity contribution in [3.63, 3.8) is 0 Å². The molecule has 0 N–H and O–H groups in total. The second-order valence-corrected chi connectivity index (χ2v) is 5.25. The van der Waals surface area contributed by atoms with Gasteiger partial charge in [0.2, 0.25) is 0 Å². The van der Waals surface area contributed by atoms with E-state index in [2.05, 4.69) is 51.6 Å². The maximum atomic E-state index is 5.19. The van der Waals surface area contributed by atoms with Crippen LogP contribution in [0.3, 0.4) is 0 Å². The minimum Gasteiger partial charge on any atom is -0.497 e. The molecule has 0 saturated carbocycles. The molecule has 86 valence electrons. The van der Waals surface area contributed by atoms with E-state index < -0.39 is 0 Å². The largest absolute Gasteiger partial charge is 0.497 e. The van der Waals surface area contributed by atoms with Gasteiger partial charge in [-0.25, -0.2) is 0 Å². The molecule has 0 radical (unpaired) electrons. The molecule has 0 aromatic heterocycles. The summed E-state index contributed by atoms with van der Waals surface area (Å²) in [6, 6.07) is 8.52. The Balaban J connectivity index is 2.84. The maximum absolute atomic E-state index is 5.19. The monoisotopic (exact) mass is 216 g/mol. The lowest BCUT2D eigenvalue weighted by Gasteiger charge is -2.21. The fourth-order valence-electron chi connectivity index (χ4n) is 2.15. The number of rotatable bonds is 5. The van der Waals surface area contributed by atoms with Crippen molar-refractivity contribution in [3.8, 4) is 5.75 Å². The molecule has 0 aliphatic rings. The molecule has 1 aromatic carbocycles. The molecule has 0 heterocycles. The molecule has 1 nitrogen and oxygen atoms in total. The minimum absolute atomic E-state index is 0.658.